The van der Waals surface area contributed by atoms with Gasteiger partial charge in [-0.05, 0) is 36.2 Å². The van der Waals surface area contributed by atoms with Crippen molar-refractivity contribution in [1.82, 2.24) is 0 Å². The van der Waals surface area contributed by atoms with E-state index < -0.39 is 8.32 Å². The van der Waals surface area contributed by atoms with Crippen molar-refractivity contribution in [2.75, 3.05) is 13.2 Å². The molecule has 2 fully saturated rings. The summed E-state index contributed by atoms with van der Waals surface area (Å²) < 4.78 is 31.6. The molecule has 2 aromatic carbocycles. The highest BCUT2D eigenvalue weighted by Crippen LogP contribution is 2.52. The van der Waals surface area contributed by atoms with E-state index in [1.165, 1.54) is 0 Å². The van der Waals surface area contributed by atoms with Gasteiger partial charge >= 0.3 is 5.97 Å². The SMILES string of the molecule is CCOC(=O)C1C2O[C@H](CO[Si](C)(C)C(C)(C)C)[C@@H](OCc3ccccc3)[C@H](OCc3ccccc3)C21. The van der Waals surface area contributed by atoms with Crippen molar-refractivity contribution in [1.29, 1.82) is 0 Å². The number of fused-ring (bicyclic) bond motifs is 1. The zero-order chi connectivity index (χ0) is 26.6. The van der Waals surface area contributed by atoms with Gasteiger partial charge in [-0.25, -0.2) is 0 Å². The molecule has 1 aliphatic heterocycles. The number of hydrogen-bond donors (Lipinski definition) is 0. The number of hydrogen-bond acceptors (Lipinski definition) is 6. The average molecular weight is 527 g/mol. The third-order valence-electron chi connectivity index (χ3n) is 7.95. The Morgan fingerprint density at radius 2 is 1.43 bits per heavy atom. The molecule has 0 bridgehead atoms. The van der Waals surface area contributed by atoms with Crippen molar-refractivity contribution < 1.29 is 28.2 Å². The third kappa shape index (κ3) is 6.70. The van der Waals surface area contributed by atoms with Crippen LogP contribution < -0.4 is 0 Å². The fraction of sp³-hybridized carbons (Fsp3) is 0.567. The van der Waals surface area contributed by atoms with E-state index in [-0.39, 0.29) is 47.3 Å². The van der Waals surface area contributed by atoms with Crippen LogP contribution in [-0.2, 0) is 41.4 Å². The molecule has 37 heavy (non-hydrogen) atoms. The molecule has 0 aromatic heterocycles. The first-order chi connectivity index (χ1) is 17.6. The largest absolute Gasteiger partial charge is 0.466 e. The Morgan fingerprint density at radius 1 is 0.892 bits per heavy atom. The first-order valence-electron chi connectivity index (χ1n) is 13.4. The van der Waals surface area contributed by atoms with Crippen LogP contribution in [0.5, 0.6) is 0 Å². The van der Waals surface area contributed by atoms with Gasteiger partial charge in [-0.15, -0.1) is 0 Å². The first-order valence-corrected chi connectivity index (χ1v) is 16.3. The highest BCUT2D eigenvalue weighted by Gasteiger charge is 2.67. The summed E-state index contributed by atoms with van der Waals surface area (Å²) in [5.74, 6) is -0.673. The van der Waals surface area contributed by atoms with E-state index in [1.54, 1.807) is 0 Å². The molecule has 4 rings (SSSR count). The molecule has 1 saturated heterocycles. The van der Waals surface area contributed by atoms with Crippen LogP contribution in [0.1, 0.15) is 38.8 Å². The number of benzene rings is 2. The van der Waals surface area contributed by atoms with Crippen LogP contribution >= 0.6 is 0 Å². The Labute approximate surface area is 222 Å². The van der Waals surface area contributed by atoms with Crippen LogP contribution in [0.15, 0.2) is 60.7 Å². The van der Waals surface area contributed by atoms with Gasteiger partial charge in [-0.1, -0.05) is 81.4 Å². The van der Waals surface area contributed by atoms with Crippen LogP contribution in [0.3, 0.4) is 0 Å². The highest BCUT2D eigenvalue weighted by atomic mass is 28.4. The van der Waals surface area contributed by atoms with Gasteiger partial charge in [0.2, 0.25) is 0 Å². The molecular formula is C30H42O6Si. The van der Waals surface area contributed by atoms with E-state index in [0.29, 0.717) is 26.4 Å². The van der Waals surface area contributed by atoms with E-state index in [4.69, 9.17) is 23.4 Å². The molecule has 3 unspecified atom stereocenters. The Morgan fingerprint density at radius 3 is 1.95 bits per heavy atom. The summed E-state index contributed by atoms with van der Waals surface area (Å²) in [5.41, 5.74) is 2.16. The van der Waals surface area contributed by atoms with Gasteiger partial charge < -0.3 is 23.4 Å². The van der Waals surface area contributed by atoms with E-state index >= 15 is 0 Å². The van der Waals surface area contributed by atoms with Gasteiger partial charge in [0.1, 0.15) is 12.2 Å². The van der Waals surface area contributed by atoms with Crippen molar-refractivity contribution in [3.05, 3.63) is 71.8 Å². The molecule has 6 atom stereocenters. The summed E-state index contributed by atoms with van der Waals surface area (Å²) in [6.45, 7) is 14.6. The fourth-order valence-corrected chi connectivity index (χ4v) is 5.71. The van der Waals surface area contributed by atoms with E-state index in [0.717, 1.165) is 11.1 Å². The lowest BCUT2D eigenvalue weighted by Gasteiger charge is -2.41. The standard InChI is InChI=1S/C30H42O6Si/c1-7-32-29(31)25-24-27(25)36-23(20-35-37(5,6)30(2,3)4)26(33-18-21-14-10-8-11-15-21)28(24)34-19-22-16-12-9-13-17-22/h8-17,23-28H,7,18-20H2,1-6H3/t23-,24?,25?,26-,27?,28-/m1/s1. The average Bonchev–Trinajstić information content (AvgIpc) is 3.59. The number of ether oxygens (including phenoxy) is 4. The molecule has 1 aliphatic carbocycles. The minimum atomic E-state index is -2.03. The molecule has 0 radical (unpaired) electrons. The second-order valence-corrected chi connectivity index (χ2v) is 16.4. The number of esters is 1. The summed E-state index contributed by atoms with van der Waals surface area (Å²) in [5, 5.41) is 0.0703. The third-order valence-corrected chi connectivity index (χ3v) is 12.5. The summed E-state index contributed by atoms with van der Waals surface area (Å²) in [6, 6.07) is 20.2. The summed E-state index contributed by atoms with van der Waals surface area (Å²) >= 11 is 0. The molecule has 2 aromatic rings. The lowest BCUT2D eigenvalue weighted by Crippen LogP contribution is -2.52. The normalized spacial score (nSPS) is 27.4. The van der Waals surface area contributed by atoms with Crippen LogP contribution in [0, 0.1) is 11.8 Å². The second kappa shape index (κ2) is 11.8. The molecule has 0 amide bonds. The van der Waals surface area contributed by atoms with E-state index in [1.807, 2.05) is 67.6 Å². The summed E-state index contributed by atoms with van der Waals surface area (Å²) in [7, 11) is -2.03. The molecule has 2 aliphatic rings. The minimum absolute atomic E-state index is 0.0703. The molecular weight excluding hydrogens is 484 g/mol. The molecule has 0 N–H and O–H groups in total. The van der Waals surface area contributed by atoms with Crippen LogP contribution in [0.4, 0.5) is 0 Å². The van der Waals surface area contributed by atoms with Crippen molar-refractivity contribution in [3.63, 3.8) is 0 Å². The summed E-state index contributed by atoms with van der Waals surface area (Å²) in [4.78, 5) is 12.8. The second-order valence-electron chi connectivity index (χ2n) is 11.6. The molecule has 202 valence electrons. The zero-order valence-corrected chi connectivity index (χ0v) is 24.0. The van der Waals surface area contributed by atoms with Gasteiger partial charge in [0.05, 0.1) is 44.6 Å². The maximum absolute atomic E-state index is 12.8. The maximum atomic E-state index is 12.8. The van der Waals surface area contributed by atoms with Gasteiger partial charge in [-0.3, -0.25) is 4.79 Å². The quantitative estimate of drug-likeness (QED) is 0.274. The van der Waals surface area contributed by atoms with Crippen molar-refractivity contribution in [3.8, 4) is 0 Å². The smallest absolute Gasteiger partial charge is 0.312 e. The highest BCUT2D eigenvalue weighted by molar-refractivity contribution is 6.74. The Bertz CT molecular complexity index is 1010. The van der Waals surface area contributed by atoms with E-state index in [9.17, 15) is 4.79 Å². The topological polar surface area (TPSA) is 63.2 Å². The van der Waals surface area contributed by atoms with Crippen molar-refractivity contribution in [2.24, 2.45) is 11.8 Å². The molecule has 1 heterocycles. The Kier molecular flexibility index (Phi) is 8.91. The van der Waals surface area contributed by atoms with Crippen molar-refractivity contribution in [2.45, 2.75) is 83.5 Å². The molecule has 7 heteroatoms. The van der Waals surface area contributed by atoms with Gasteiger partial charge in [0, 0.05) is 5.92 Å². The van der Waals surface area contributed by atoms with Crippen LogP contribution in [0.25, 0.3) is 0 Å². The van der Waals surface area contributed by atoms with Crippen molar-refractivity contribution >= 4 is 14.3 Å². The van der Waals surface area contributed by atoms with Crippen LogP contribution in [0.2, 0.25) is 18.1 Å². The van der Waals surface area contributed by atoms with Gasteiger partial charge in [0.15, 0.2) is 8.32 Å². The molecule has 6 nitrogen and oxygen atoms in total. The fourth-order valence-electron chi connectivity index (χ4n) is 4.69. The number of carbonyl (C=O) groups is 1. The number of rotatable bonds is 11. The molecule has 0 spiro atoms. The van der Waals surface area contributed by atoms with Gasteiger partial charge in [0.25, 0.3) is 0 Å². The Hall–Kier alpha value is -2.03. The minimum Gasteiger partial charge on any atom is -0.466 e. The van der Waals surface area contributed by atoms with Gasteiger partial charge in [-0.2, -0.15) is 0 Å². The molecule has 1 saturated carbocycles. The maximum Gasteiger partial charge on any atom is 0.312 e. The summed E-state index contributed by atoms with van der Waals surface area (Å²) in [6.07, 6.45) is -1.29. The predicted octanol–water partition coefficient (Wildman–Crippen LogP) is 5.76. The monoisotopic (exact) mass is 526 g/mol. The lowest BCUT2D eigenvalue weighted by molar-refractivity contribution is -0.194. The number of carbonyl (C=O) groups excluding carboxylic acids is 1. The predicted molar refractivity (Wildman–Crippen MR) is 145 cm³/mol. The first kappa shape index (κ1) is 28.0. The van der Waals surface area contributed by atoms with Crippen LogP contribution in [-0.4, -0.2) is 51.9 Å². The van der Waals surface area contributed by atoms with E-state index in [2.05, 4.69) is 33.9 Å². The lowest BCUT2D eigenvalue weighted by atomic mass is 10.00. The Balaban J connectivity index is 1.58. The zero-order valence-electron chi connectivity index (χ0n) is 23.0.